The summed E-state index contributed by atoms with van der Waals surface area (Å²) in [5.41, 5.74) is -0.492. The second-order valence-electron chi connectivity index (χ2n) is 4.48. The Bertz CT molecular complexity index is 259. The van der Waals surface area contributed by atoms with Gasteiger partial charge in [-0.15, -0.1) is 0 Å². The lowest BCUT2D eigenvalue weighted by Crippen LogP contribution is -2.09. The van der Waals surface area contributed by atoms with E-state index >= 15 is 0 Å². The summed E-state index contributed by atoms with van der Waals surface area (Å²) in [6.07, 6.45) is 2.38. The van der Waals surface area contributed by atoms with E-state index in [9.17, 15) is 13.2 Å². The van der Waals surface area contributed by atoms with Crippen LogP contribution in [0.5, 0.6) is 0 Å². The number of halogens is 3. The van der Waals surface area contributed by atoms with Crippen molar-refractivity contribution in [3.63, 3.8) is 0 Å². The summed E-state index contributed by atoms with van der Waals surface area (Å²) in [4.78, 5) is 0. The van der Waals surface area contributed by atoms with Crippen molar-refractivity contribution in [3.8, 4) is 0 Å². The summed E-state index contributed by atoms with van der Waals surface area (Å²) in [7, 11) is 0. The Morgan fingerprint density at radius 2 is 2.07 bits per heavy atom. The van der Waals surface area contributed by atoms with E-state index in [1.807, 2.05) is 0 Å². The lowest BCUT2D eigenvalue weighted by atomic mass is 9.93. The molecule has 0 aromatic heterocycles. The van der Waals surface area contributed by atoms with E-state index in [0.29, 0.717) is 18.3 Å². The fourth-order valence-electron chi connectivity index (χ4n) is 1.87. The van der Waals surface area contributed by atoms with Gasteiger partial charge in [0.25, 0.3) is 0 Å². The lowest BCUT2D eigenvalue weighted by molar-refractivity contribution is -0.0883. The highest BCUT2D eigenvalue weighted by atomic mass is 19.4. The number of hydrogen-bond donors (Lipinski definition) is 0. The second-order valence-corrected chi connectivity index (χ2v) is 4.48. The van der Waals surface area contributed by atoms with Crippen LogP contribution in [0.4, 0.5) is 13.2 Å². The lowest BCUT2D eigenvalue weighted by Gasteiger charge is -2.12. The van der Waals surface area contributed by atoms with Crippen molar-refractivity contribution in [1.82, 2.24) is 0 Å². The molecule has 15 heavy (non-hydrogen) atoms. The Morgan fingerprint density at radius 3 is 2.60 bits per heavy atom. The molecular weight excluding hydrogens is 201 g/mol. The van der Waals surface area contributed by atoms with E-state index < -0.39 is 11.7 Å². The van der Waals surface area contributed by atoms with Crippen LogP contribution in [0.25, 0.3) is 0 Å². The number of allylic oxidation sites excluding steroid dienone is 4. The molecule has 0 N–H and O–H groups in total. The highest BCUT2D eigenvalue weighted by Gasteiger charge is 2.32. The fourth-order valence-corrected chi connectivity index (χ4v) is 1.87. The summed E-state index contributed by atoms with van der Waals surface area (Å²) in [6.45, 7) is 4.19. The molecule has 1 unspecified atom stereocenters. The Kier molecular flexibility index (Phi) is 4.00. The predicted molar refractivity (Wildman–Crippen MR) is 55.5 cm³/mol. The van der Waals surface area contributed by atoms with Gasteiger partial charge in [-0.05, 0) is 31.1 Å². The molecular formula is C12H17F3. The van der Waals surface area contributed by atoms with Crippen LogP contribution in [-0.2, 0) is 0 Å². The third-order valence-electron chi connectivity index (χ3n) is 2.55. The van der Waals surface area contributed by atoms with E-state index in [0.717, 1.165) is 12.8 Å². The first-order chi connectivity index (χ1) is 6.89. The summed E-state index contributed by atoms with van der Waals surface area (Å²) in [5, 5.41) is 0. The van der Waals surface area contributed by atoms with Crippen LogP contribution in [-0.4, -0.2) is 6.18 Å². The third-order valence-corrected chi connectivity index (χ3v) is 2.55. The zero-order valence-electron chi connectivity index (χ0n) is 9.14. The van der Waals surface area contributed by atoms with Crippen LogP contribution in [0.15, 0.2) is 23.8 Å². The molecule has 0 nitrogen and oxygen atoms in total. The van der Waals surface area contributed by atoms with Crippen molar-refractivity contribution < 1.29 is 13.2 Å². The average Bonchev–Trinajstić information content (AvgIpc) is 2.27. The predicted octanol–water partition coefficient (Wildman–Crippen LogP) is 4.49. The van der Waals surface area contributed by atoms with Gasteiger partial charge in [0.15, 0.2) is 0 Å². The zero-order valence-corrected chi connectivity index (χ0v) is 9.14. The molecule has 0 fully saturated rings. The van der Waals surface area contributed by atoms with Gasteiger partial charge in [0.2, 0.25) is 0 Å². The standard InChI is InChI=1S/C12H17F3/c1-9(2)8-10-4-3-5-11(7-6-10)12(13,14)15/h5-7,9-10H,3-4,8H2,1-2H3. The Balaban J connectivity index is 2.64. The molecule has 0 aromatic carbocycles. The summed E-state index contributed by atoms with van der Waals surface area (Å²) in [6, 6.07) is 0. The summed E-state index contributed by atoms with van der Waals surface area (Å²) >= 11 is 0. The van der Waals surface area contributed by atoms with Crippen LogP contribution >= 0.6 is 0 Å². The van der Waals surface area contributed by atoms with Gasteiger partial charge in [-0.3, -0.25) is 0 Å². The molecule has 0 radical (unpaired) electrons. The Labute approximate surface area is 88.9 Å². The fraction of sp³-hybridized carbons (Fsp3) is 0.667. The molecule has 0 bridgehead atoms. The monoisotopic (exact) mass is 218 g/mol. The summed E-state index contributed by atoms with van der Waals surface area (Å²) in [5.74, 6) is 0.827. The molecule has 0 spiro atoms. The largest absolute Gasteiger partial charge is 0.416 e. The average molecular weight is 218 g/mol. The van der Waals surface area contributed by atoms with Gasteiger partial charge >= 0.3 is 6.18 Å². The van der Waals surface area contributed by atoms with E-state index in [1.165, 1.54) is 12.2 Å². The highest BCUT2D eigenvalue weighted by molar-refractivity contribution is 5.25. The van der Waals surface area contributed by atoms with Crippen LogP contribution in [0.1, 0.15) is 33.1 Å². The molecule has 0 amide bonds. The van der Waals surface area contributed by atoms with Gasteiger partial charge in [-0.1, -0.05) is 32.1 Å². The highest BCUT2D eigenvalue weighted by Crippen LogP contribution is 2.31. The smallest absolute Gasteiger partial charge is 0.166 e. The molecule has 1 aliphatic carbocycles. The molecule has 1 aliphatic rings. The molecule has 0 saturated heterocycles. The molecule has 1 atom stereocenters. The first kappa shape index (κ1) is 12.3. The second kappa shape index (κ2) is 4.86. The van der Waals surface area contributed by atoms with E-state index in [4.69, 9.17) is 0 Å². The normalized spacial score (nSPS) is 22.8. The molecule has 1 rings (SSSR count). The minimum Gasteiger partial charge on any atom is -0.166 e. The van der Waals surface area contributed by atoms with Gasteiger partial charge in [-0.2, -0.15) is 13.2 Å². The van der Waals surface area contributed by atoms with Crippen molar-refractivity contribution in [2.24, 2.45) is 11.8 Å². The summed E-state index contributed by atoms with van der Waals surface area (Å²) < 4.78 is 37.2. The SMILES string of the molecule is CC(C)CC1C=CC(C(F)(F)F)=CCC1. The molecule has 0 aromatic rings. The van der Waals surface area contributed by atoms with E-state index in [-0.39, 0.29) is 0 Å². The van der Waals surface area contributed by atoms with Gasteiger partial charge < -0.3 is 0 Å². The first-order valence-corrected chi connectivity index (χ1v) is 5.35. The van der Waals surface area contributed by atoms with Crippen molar-refractivity contribution >= 4 is 0 Å². The topological polar surface area (TPSA) is 0 Å². The van der Waals surface area contributed by atoms with Crippen molar-refractivity contribution in [2.75, 3.05) is 0 Å². The maximum absolute atomic E-state index is 12.4. The van der Waals surface area contributed by atoms with Crippen LogP contribution in [0.2, 0.25) is 0 Å². The van der Waals surface area contributed by atoms with E-state index in [2.05, 4.69) is 13.8 Å². The number of hydrogen-bond acceptors (Lipinski definition) is 0. The van der Waals surface area contributed by atoms with Crippen LogP contribution < -0.4 is 0 Å². The van der Waals surface area contributed by atoms with Gasteiger partial charge in [0, 0.05) is 0 Å². The maximum atomic E-state index is 12.4. The molecule has 86 valence electrons. The molecule has 0 saturated carbocycles. The zero-order chi connectivity index (χ0) is 11.5. The van der Waals surface area contributed by atoms with Gasteiger partial charge in [0.1, 0.15) is 0 Å². The number of alkyl halides is 3. The van der Waals surface area contributed by atoms with Crippen molar-refractivity contribution in [2.45, 2.75) is 39.3 Å². The third kappa shape index (κ3) is 4.10. The van der Waals surface area contributed by atoms with Crippen LogP contribution in [0.3, 0.4) is 0 Å². The molecule has 0 aliphatic heterocycles. The van der Waals surface area contributed by atoms with Crippen LogP contribution in [0, 0.1) is 11.8 Å². The first-order valence-electron chi connectivity index (χ1n) is 5.35. The minimum absolute atomic E-state index is 0.293. The quantitative estimate of drug-likeness (QED) is 0.640. The van der Waals surface area contributed by atoms with Gasteiger partial charge in [0.05, 0.1) is 5.57 Å². The maximum Gasteiger partial charge on any atom is 0.416 e. The van der Waals surface area contributed by atoms with Crippen molar-refractivity contribution in [3.05, 3.63) is 23.8 Å². The molecule has 0 heterocycles. The van der Waals surface area contributed by atoms with E-state index in [1.54, 1.807) is 6.08 Å². The molecule has 3 heteroatoms. The van der Waals surface area contributed by atoms with Crippen molar-refractivity contribution in [1.29, 1.82) is 0 Å². The minimum atomic E-state index is -4.19. The Morgan fingerprint density at radius 1 is 1.40 bits per heavy atom. The number of rotatable bonds is 2. The van der Waals surface area contributed by atoms with Gasteiger partial charge in [-0.25, -0.2) is 0 Å². The Hall–Kier alpha value is -0.730.